The van der Waals surface area contributed by atoms with E-state index in [0.717, 1.165) is 5.69 Å². The number of anilines is 1. The number of carbonyl (C=O) groups is 2. The van der Waals surface area contributed by atoms with Crippen molar-refractivity contribution in [2.75, 3.05) is 31.1 Å². The number of amides is 1. The molecule has 6 heteroatoms. The van der Waals surface area contributed by atoms with Crippen LogP contribution < -0.4 is 4.90 Å². The summed E-state index contributed by atoms with van der Waals surface area (Å²) in [6.45, 7) is 2.02. The third kappa shape index (κ3) is 2.37. The molecule has 1 heterocycles. The molecule has 1 fully saturated rings. The van der Waals surface area contributed by atoms with E-state index in [2.05, 4.69) is 0 Å². The second-order valence-corrected chi connectivity index (χ2v) is 4.12. The average molecular weight is 250 g/mol. The fraction of sp³-hybridized carbons (Fsp3) is 0.333. The van der Waals surface area contributed by atoms with Crippen molar-refractivity contribution >= 4 is 18.1 Å². The van der Waals surface area contributed by atoms with Crippen LogP contribution in [-0.4, -0.2) is 53.7 Å². The van der Waals surface area contributed by atoms with Crippen LogP contribution in [0.25, 0.3) is 0 Å². The molecule has 0 aromatic heterocycles. The van der Waals surface area contributed by atoms with Crippen LogP contribution in [0.15, 0.2) is 18.2 Å². The molecule has 0 aliphatic carbocycles. The predicted octanol–water partition coefficient (Wildman–Crippen LogP) is 1.00. The molecule has 0 saturated carbocycles. The topological polar surface area (TPSA) is 81.1 Å². The normalized spacial score (nSPS) is 15.6. The van der Waals surface area contributed by atoms with Crippen LogP contribution in [0.5, 0.6) is 5.75 Å². The van der Waals surface area contributed by atoms with Gasteiger partial charge in [0, 0.05) is 37.9 Å². The Bertz CT molecular complexity index is 467. The van der Waals surface area contributed by atoms with Crippen molar-refractivity contribution in [3.05, 3.63) is 23.8 Å². The number of aldehydes is 1. The summed E-state index contributed by atoms with van der Waals surface area (Å²) in [5.41, 5.74) is 1.05. The smallest absolute Gasteiger partial charge is 0.407 e. The summed E-state index contributed by atoms with van der Waals surface area (Å²) in [6, 6.07) is 4.83. The highest BCUT2D eigenvalue weighted by atomic mass is 16.4. The van der Waals surface area contributed by atoms with Crippen LogP contribution in [0.3, 0.4) is 0 Å². The zero-order valence-corrected chi connectivity index (χ0v) is 9.74. The molecule has 1 aromatic rings. The average Bonchev–Trinajstić information content (AvgIpc) is 2.38. The molecule has 1 aliphatic rings. The van der Waals surface area contributed by atoms with Gasteiger partial charge < -0.3 is 20.0 Å². The minimum absolute atomic E-state index is 0.0526. The number of nitrogens with zero attached hydrogens (tertiary/aromatic N) is 2. The maximum atomic E-state index is 10.8. The Labute approximate surface area is 104 Å². The van der Waals surface area contributed by atoms with E-state index in [1.54, 1.807) is 12.1 Å². The number of hydrogen-bond acceptors (Lipinski definition) is 4. The predicted molar refractivity (Wildman–Crippen MR) is 65.3 cm³/mol. The van der Waals surface area contributed by atoms with Gasteiger partial charge in [-0.3, -0.25) is 4.79 Å². The van der Waals surface area contributed by atoms with Crippen molar-refractivity contribution in [1.29, 1.82) is 0 Å². The number of phenolic OH excluding ortho intramolecular Hbond substituents is 1. The molecule has 0 atom stereocenters. The second kappa shape index (κ2) is 4.95. The van der Waals surface area contributed by atoms with Crippen molar-refractivity contribution < 1.29 is 19.8 Å². The van der Waals surface area contributed by atoms with Crippen LogP contribution in [0.2, 0.25) is 0 Å². The summed E-state index contributed by atoms with van der Waals surface area (Å²) in [6.07, 6.45) is -0.310. The van der Waals surface area contributed by atoms with Gasteiger partial charge >= 0.3 is 6.09 Å². The van der Waals surface area contributed by atoms with Gasteiger partial charge in [-0.1, -0.05) is 0 Å². The van der Waals surface area contributed by atoms with E-state index in [0.29, 0.717) is 32.5 Å². The molecule has 0 unspecified atom stereocenters. The first-order valence-corrected chi connectivity index (χ1v) is 5.63. The minimum atomic E-state index is -0.909. The molecular weight excluding hydrogens is 236 g/mol. The van der Waals surface area contributed by atoms with Crippen molar-refractivity contribution in [3.63, 3.8) is 0 Å². The summed E-state index contributed by atoms with van der Waals surface area (Å²) in [5.74, 6) is -0.0526. The maximum Gasteiger partial charge on any atom is 0.407 e. The van der Waals surface area contributed by atoms with Crippen LogP contribution in [0.4, 0.5) is 10.5 Å². The Hall–Kier alpha value is -2.24. The number of phenols is 1. The van der Waals surface area contributed by atoms with E-state index < -0.39 is 6.09 Å². The fourth-order valence-corrected chi connectivity index (χ4v) is 1.98. The molecule has 18 heavy (non-hydrogen) atoms. The van der Waals surface area contributed by atoms with Crippen molar-refractivity contribution in [2.24, 2.45) is 0 Å². The fourth-order valence-electron chi connectivity index (χ4n) is 1.98. The van der Waals surface area contributed by atoms with Crippen molar-refractivity contribution in [3.8, 4) is 5.75 Å². The highest BCUT2D eigenvalue weighted by Gasteiger charge is 2.20. The molecule has 0 bridgehead atoms. The van der Waals surface area contributed by atoms with Crippen LogP contribution in [0, 0.1) is 0 Å². The first-order valence-electron chi connectivity index (χ1n) is 5.63. The van der Waals surface area contributed by atoms with E-state index in [-0.39, 0.29) is 11.3 Å². The van der Waals surface area contributed by atoms with Gasteiger partial charge in [0.1, 0.15) is 5.75 Å². The lowest BCUT2D eigenvalue weighted by Gasteiger charge is -2.34. The van der Waals surface area contributed by atoms with Gasteiger partial charge in [0.2, 0.25) is 0 Å². The molecule has 2 N–H and O–H groups in total. The third-order valence-corrected chi connectivity index (χ3v) is 3.06. The molecule has 1 aromatic carbocycles. The van der Waals surface area contributed by atoms with Gasteiger partial charge in [-0.15, -0.1) is 0 Å². The minimum Gasteiger partial charge on any atom is -0.507 e. The molecule has 1 aliphatic heterocycles. The Kier molecular flexibility index (Phi) is 3.36. The number of carboxylic acid groups (broad SMARTS) is 1. The molecule has 2 rings (SSSR count). The largest absolute Gasteiger partial charge is 0.507 e. The standard InChI is InChI=1S/C12H14N2O4/c15-8-9-1-2-10(7-11(9)16)13-3-5-14(6-4-13)12(17)18/h1-2,7-8,16H,3-6H2,(H,17,18). The number of hydrogen-bond donors (Lipinski definition) is 2. The van der Waals surface area contributed by atoms with Crippen molar-refractivity contribution in [1.82, 2.24) is 4.90 Å². The lowest BCUT2D eigenvalue weighted by molar-refractivity contribution is 0.112. The highest BCUT2D eigenvalue weighted by Crippen LogP contribution is 2.24. The number of piperazine rings is 1. The zero-order valence-electron chi connectivity index (χ0n) is 9.74. The lowest BCUT2D eigenvalue weighted by Crippen LogP contribution is -2.48. The summed E-state index contributed by atoms with van der Waals surface area (Å²) in [4.78, 5) is 24.7. The van der Waals surface area contributed by atoms with Crippen LogP contribution in [0.1, 0.15) is 10.4 Å². The molecular formula is C12H14N2O4. The second-order valence-electron chi connectivity index (χ2n) is 4.12. The Morgan fingerprint density at radius 3 is 2.39 bits per heavy atom. The summed E-state index contributed by atoms with van der Waals surface area (Å²) >= 11 is 0. The summed E-state index contributed by atoms with van der Waals surface area (Å²) in [5, 5.41) is 18.4. The highest BCUT2D eigenvalue weighted by molar-refractivity contribution is 5.80. The number of aromatic hydroxyl groups is 1. The van der Waals surface area contributed by atoms with Crippen molar-refractivity contribution in [2.45, 2.75) is 0 Å². The molecule has 1 amide bonds. The Morgan fingerprint density at radius 2 is 1.89 bits per heavy atom. The maximum absolute atomic E-state index is 10.8. The number of rotatable bonds is 2. The summed E-state index contributed by atoms with van der Waals surface area (Å²) in [7, 11) is 0. The first-order chi connectivity index (χ1) is 8.61. The van der Waals surface area contributed by atoms with E-state index in [1.165, 1.54) is 11.0 Å². The molecule has 1 saturated heterocycles. The SMILES string of the molecule is O=Cc1ccc(N2CCN(C(=O)O)CC2)cc1O. The Balaban J connectivity index is 2.08. The molecule has 96 valence electrons. The van der Waals surface area contributed by atoms with Gasteiger partial charge in [0.25, 0.3) is 0 Å². The van der Waals surface area contributed by atoms with Crippen LogP contribution >= 0.6 is 0 Å². The van der Waals surface area contributed by atoms with Gasteiger partial charge in [-0.2, -0.15) is 0 Å². The van der Waals surface area contributed by atoms with Gasteiger partial charge in [-0.05, 0) is 12.1 Å². The quantitative estimate of drug-likeness (QED) is 0.765. The van der Waals surface area contributed by atoms with E-state index >= 15 is 0 Å². The van der Waals surface area contributed by atoms with Gasteiger partial charge in [-0.25, -0.2) is 4.79 Å². The summed E-state index contributed by atoms with van der Waals surface area (Å²) < 4.78 is 0. The third-order valence-electron chi connectivity index (χ3n) is 3.06. The first kappa shape index (κ1) is 12.2. The van der Waals surface area contributed by atoms with E-state index in [1.807, 2.05) is 4.90 Å². The molecule has 6 nitrogen and oxygen atoms in total. The van der Waals surface area contributed by atoms with Gasteiger partial charge in [0.15, 0.2) is 6.29 Å². The van der Waals surface area contributed by atoms with Crippen LogP contribution in [-0.2, 0) is 0 Å². The number of carbonyl (C=O) groups excluding carboxylic acids is 1. The lowest BCUT2D eigenvalue weighted by atomic mass is 10.1. The monoisotopic (exact) mass is 250 g/mol. The Morgan fingerprint density at radius 1 is 1.22 bits per heavy atom. The molecule has 0 spiro atoms. The van der Waals surface area contributed by atoms with E-state index in [9.17, 15) is 14.7 Å². The van der Waals surface area contributed by atoms with E-state index in [4.69, 9.17) is 5.11 Å². The van der Waals surface area contributed by atoms with Gasteiger partial charge in [0.05, 0.1) is 5.56 Å². The number of benzene rings is 1. The zero-order chi connectivity index (χ0) is 13.1. The molecule has 0 radical (unpaired) electrons.